The van der Waals surface area contributed by atoms with Crippen LogP contribution in [-0.4, -0.2) is 33.1 Å². The zero-order valence-electron chi connectivity index (χ0n) is 16.3. The molecular weight excluding hydrogens is 417 g/mol. The summed E-state index contributed by atoms with van der Waals surface area (Å²) in [6, 6.07) is 19.0. The van der Waals surface area contributed by atoms with E-state index >= 15 is 0 Å². The van der Waals surface area contributed by atoms with E-state index in [0.29, 0.717) is 18.1 Å². The molecule has 0 atom stereocenters. The predicted octanol–water partition coefficient (Wildman–Crippen LogP) is 3.18. The second-order valence-electron chi connectivity index (χ2n) is 6.57. The molecule has 0 spiro atoms. The number of benzene rings is 2. The van der Waals surface area contributed by atoms with Crippen LogP contribution < -0.4 is 10.6 Å². The van der Waals surface area contributed by atoms with Gasteiger partial charge in [-0.3, -0.25) is 9.59 Å². The van der Waals surface area contributed by atoms with Gasteiger partial charge in [-0.1, -0.05) is 42.5 Å². The zero-order valence-corrected chi connectivity index (χ0v) is 17.1. The second-order valence-corrected chi connectivity index (χ2v) is 7.52. The Morgan fingerprint density at radius 3 is 2.58 bits per heavy atom. The van der Waals surface area contributed by atoms with Gasteiger partial charge < -0.3 is 10.6 Å². The van der Waals surface area contributed by atoms with Gasteiger partial charge in [-0.2, -0.15) is 0 Å². The van der Waals surface area contributed by atoms with Gasteiger partial charge in [-0.05, 0) is 35.2 Å². The van der Waals surface area contributed by atoms with Gasteiger partial charge in [0.2, 0.25) is 11.7 Å². The van der Waals surface area contributed by atoms with Crippen molar-refractivity contribution in [2.24, 2.45) is 0 Å². The maximum absolute atomic E-state index is 13.7. The summed E-state index contributed by atoms with van der Waals surface area (Å²) in [5.74, 6) is -1.04. The average Bonchev–Trinajstić information content (AvgIpc) is 3.46. The number of carbonyl (C=O) groups excluding carboxylic acids is 2. The molecule has 31 heavy (non-hydrogen) atoms. The van der Waals surface area contributed by atoms with Crippen molar-refractivity contribution in [2.75, 3.05) is 6.54 Å². The molecule has 2 aromatic carbocycles. The predicted molar refractivity (Wildman–Crippen MR) is 115 cm³/mol. The molecule has 156 valence electrons. The van der Waals surface area contributed by atoms with Gasteiger partial charge in [-0.25, -0.2) is 14.1 Å². The first-order valence-electron chi connectivity index (χ1n) is 9.46. The molecule has 7 nitrogen and oxygen atoms in total. The molecular formula is C22H18FN5O2S. The molecule has 0 bridgehead atoms. The molecule has 0 unspecified atom stereocenters. The van der Waals surface area contributed by atoms with Crippen LogP contribution in [0.25, 0.3) is 16.4 Å². The normalized spacial score (nSPS) is 10.6. The Labute approximate surface area is 181 Å². The SMILES string of the molecule is O=C(CNC(=O)c1nc(-c2cccs2)n(-c2cccc(F)c2)n1)NCc1ccccc1. The van der Waals surface area contributed by atoms with Crippen LogP contribution in [0.2, 0.25) is 0 Å². The highest BCUT2D eigenvalue weighted by atomic mass is 32.1. The molecule has 2 heterocycles. The highest BCUT2D eigenvalue weighted by Crippen LogP contribution is 2.25. The van der Waals surface area contributed by atoms with Crippen LogP contribution in [0.1, 0.15) is 16.2 Å². The molecule has 2 aromatic heterocycles. The van der Waals surface area contributed by atoms with Crippen LogP contribution in [-0.2, 0) is 11.3 Å². The molecule has 4 aromatic rings. The summed E-state index contributed by atoms with van der Waals surface area (Å²) in [4.78, 5) is 29.7. The molecule has 0 aliphatic carbocycles. The molecule has 0 fully saturated rings. The number of aromatic nitrogens is 3. The largest absolute Gasteiger partial charge is 0.350 e. The number of hydrogen-bond donors (Lipinski definition) is 2. The Hall–Kier alpha value is -3.85. The van der Waals surface area contributed by atoms with Gasteiger partial charge in [-0.15, -0.1) is 16.4 Å². The van der Waals surface area contributed by atoms with Crippen LogP contribution in [0.5, 0.6) is 0 Å². The smallest absolute Gasteiger partial charge is 0.291 e. The van der Waals surface area contributed by atoms with Gasteiger partial charge in [0.25, 0.3) is 5.91 Å². The van der Waals surface area contributed by atoms with E-state index in [0.717, 1.165) is 10.4 Å². The summed E-state index contributed by atoms with van der Waals surface area (Å²) in [6.45, 7) is 0.152. The Kier molecular flexibility index (Phi) is 6.13. The molecule has 0 aliphatic heterocycles. The summed E-state index contributed by atoms with van der Waals surface area (Å²) in [6.07, 6.45) is 0. The Balaban J connectivity index is 1.47. The van der Waals surface area contributed by atoms with E-state index in [1.807, 2.05) is 47.8 Å². The monoisotopic (exact) mass is 435 g/mol. The zero-order chi connectivity index (χ0) is 21.6. The van der Waals surface area contributed by atoms with Crippen molar-refractivity contribution in [3.63, 3.8) is 0 Å². The molecule has 0 saturated heterocycles. The quantitative estimate of drug-likeness (QED) is 0.467. The number of amides is 2. The van der Waals surface area contributed by atoms with Crippen molar-refractivity contribution >= 4 is 23.2 Å². The number of thiophene rings is 1. The Morgan fingerprint density at radius 1 is 1.00 bits per heavy atom. The van der Waals surface area contributed by atoms with E-state index in [1.165, 1.54) is 28.2 Å². The minimum absolute atomic E-state index is 0.108. The fourth-order valence-electron chi connectivity index (χ4n) is 2.86. The number of rotatable bonds is 7. The van der Waals surface area contributed by atoms with E-state index in [1.54, 1.807) is 12.1 Å². The van der Waals surface area contributed by atoms with Crippen LogP contribution >= 0.6 is 11.3 Å². The first-order valence-corrected chi connectivity index (χ1v) is 10.3. The molecule has 0 saturated carbocycles. The third-order valence-electron chi connectivity index (χ3n) is 4.35. The van der Waals surface area contributed by atoms with E-state index in [9.17, 15) is 14.0 Å². The summed E-state index contributed by atoms with van der Waals surface area (Å²) in [5.41, 5.74) is 1.40. The van der Waals surface area contributed by atoms with Crippen LogP contribution in [0.15, 0.2) is 72.1 Å². The van der Waals surface area contributed by atoms with E-state index < -0.39 is 11.7 Å². The van der Waals surface area contributed by atoms with Crippen LogP contribution in [0.4, 0.5) is 4.39 Å². The fourth-order valence-corrected chi connectivity index (χ4v) is 3.56. The lowest BCUT2D eigenvalue weighted by molar-refractivity contribution is -0.120. The Bertz CT molecular complexity index is 1190. The minimum Gasteiger partial charge on any atom is -0.350 e. The van der Waals surface area contributed by atoms with E-state index in [2.05, 4.69) is 20.7 Å². The van der Waals surface area contributed by atoms with Crippen molar-refractivity contribution in [3.8, 4) is 16.4 Å². The standard InChI is InChI=1S/C22H18FN5O2S/c23-16-8-4-9-17(12-16)28-21(18-10-5-11-31-18)26-20(27-28)22(30)25-14-19(29)24-13-15-6-2-1-3-7-15/h1-12H,13-14H2,(H,24,29)(H,25,30). The van der Waals surface area contributed by atoms with Crippen LogP contribution in [0, 0.1) is 5.82 Å². The summed E-state index contributed by atoms with van der Waals surface area (Å²) < 4.78 is 15.1. The van der Waals surface area contributed by atoms with Crippen molar-refractivity contribution in [3.05, 3.63) is 89.3 Å². The number of nitrogens with zero attached hydrogens (tertiary/aromatic N) is 3. The molecule has 0 radical (unpaired) electrons. The lowest BCUT2D eigenvalue weighted by Crippen LogP contribution is -2.37. The first-order chi connectivity index (χ1) is 15.1. The summed E-state index contributed by atoms with van der Waals surface area (Å²) >= 11 is 1.42. The lowest BCUT2D eigenvalue weighted by atomic mass is 10.2. The number of carbonyl (C=O) groups is 2. The van der Waals surface area contributed by atoms with Crippen molar-refractivity contribution in [1.82, 2.24) is 25.4 Å². The van der Waals surface area contributed by atoms with Crippen molar-refractivity contribution < 1.29 is 14.0 Å². The Morgan fingerprint density at radius 2 is 1.84 bits per heavy atom. The number of halogens is 1. The highest BCUT2D eigenvalue weighted by Gasteiger charge is 2.20. The minimum atomic E-state index is -0.595. The average molecular weight is 435 g/mol. The maximum Gasteiger partial charge on any atom is 0.291 e. The summed E-state index contributed by atoms with van der Waals surface area (Å²) in [7, 11) is 0. The number of hydrogen-bond acceptors (Lipinski definition) is 5. The molecule has 2 amide bonds. The highest BCUT2D eigenvalue weighted by molar-refractivity contribution is 7.13. The molecule has 2 N–H and O–H groups in total. The van der Waals surface area contributed by atoms with Crippen LogP contribution in [0.3, 0.4) is 0 Å². The van der Waals surface area contributed by atoms with Gasteiger partial charge in [0, 0.05) is 6.54 Å². The maximum atomic E-state index is 13.7. The topological polar surface area (TPSA) is 88.9 Å². The van der Waals surface area contributed by atoms with Gasteiger partial charge in [0.15, 0.2) is 5.82 Å². The third kappa shape index (κ3) is 5.01. The number of nitrogens with one attached hydrogen (secondary N) is 2. The summed E-state index contributed by atoms with van der Waals surface area (Å²) in [5, 5.41) is 11.4. The third-order valence-corrected chi connectivity index (χ3v) is 5.21. The van der Waals surface area contributed by atoms with Gasteiger partial charge in [0.1, 0.15) is 5.82 Å². The fraction of sp³-hybridized carbons (Fsp3) is 0.0909. The second kappa shape index (κ2) is 9.31. The van der Waals surface area contributed by atoms with Crippen molar-refractivity contribution in [2.45, 2.75) is 6.54 Å². The van der Waals surface area contributed by atoms with E-state index in [4.69, 9.17) is 0 Å². The molecule has 4 rings (SSSR count). The molecule has 9 heteroatoms. The lowest BCUT2D eigenvalue weighted by Gasteiger charge is -2.06. The van der Waals surface area contributed by atoms with E-state index in [-0.39, 0.29) is 18.3 Å². The van der Waals surface area contributed by atoms with Gasteiger partial charge >= 0.3 is 0 Å². The first kappa shape index (κ1) is 20.4. The molecule has 0 aliphatic rings. The van der Waals surface area contributed by atoms with Crippen molar-refractivity contribution in [1.29, 1.82) is 0 Å². The van der Waals surface area contributed by atoms with Gasteiger partial charge in [0.05, 0.1) is 17.1 Å².